The molecule has 6 nitrogen and oxygen atoms in total. The predicted molar refractivity (Wildman–Crippen MR) is 104 cm³/mol. The second-order valence-corrected chi connectivity index (χ2v) is 6.65. The molecule has 0 aliphatic carbocycles. The molecule has 3 N–H and O–H groups in total. The van der Waals surface area contributed by atoms with Crippen LogP contribution in [0.3, 0.4) is 0 Å². The number of para-hydroxylation sites is 1. The van der Waals surface area contributed by atoms with Gasteiger partial charge in [-0.05, 0) is 56.3 Å². The van der Waals surface area contributed by atoms with E-state index in [2.05, 4.69) is 16.3 Å². The van der Waals surface area contributed by atoms with Gasteiger partial charge in [0.25, 0.3) is 5.91 Å². The number of likely N-dealkylation sites (tertiary alicyclic amines) is 1. The molecule has 2 aromatic carbocycles. The first-order valence-corrected chi connectivity index (χ1v) is 9.15. The molecule has 1 aliphatic rings. The lowest BCUT2D eigenvalue weighted by molar-refractivity contribution is 0.0935. The van der Waals surface area contributed by atoms with Crippen molar-refractivity contribution in [2.45, 2.75) is 18.9 Å². The van der Waals surface area contributed by atoms with Crippen LogP contribution in [0.2, 0.25) is 0 Å². The number of rotatable bonds is 7. The van der Waals surface area contributed by atoms with Gasteiger partial charge in [0, 0.05) is 23.2 Å². The number of amides is 2. The van der Waals surface area contributed by atoms with Gasteiger partial charge >= 0.3 is 0 Å². The Kier molecular flexibility index (Phi) is 6.08. The number of nitrogens with zero attached hydrogens (tertiary/aromatic N) is 1. The maximum atomic E-state index is 12.6. The number of ether oxygens (including phenoxy) is 1. The third kappa shape index (κ3) is 4.46. The first-order chi connectivity index (χ1) is 13.1. The predicted octanol–water partition coefficient (Wildman–Crippen LogP) is 2.36. The Morgan fingerprint density at radius 3 is 2.33 bits per heavy atom. The van der Waals surface area contributed by atoms with E-state index < -0.39 is 5.91 Å². The topological polar surface area (TPSA) is 84.7 Å². The van der Waals surface area contributed by atoms with Crippen molar-refractivity contribution in [2.75, 3.05) is 26.7 Å². The number of carbonyl (C=O) groups is 2. The van der Waals surface area contributed by atoms with Gasteiger partial charge in [-0.2, -0.15) is 0 Å². The summed E-state index contributed by atoms with van der Waals surface area (Å²) in [4.78, 5) is 26.1. The van der Waals surface area contributed by atoms with Crippen molar-refractivity contribution in [1.29, 1.82) is 0 Å². The van der Waals surface area contributed by atoms with E-state index in [1.54, 1.807) is 31.4 Å². The zero-order valence-corrected chi connectivity index (χ0v) is 15.5. The van der Waals surface area contributed by atoms with Gasteiger partial charge < -0.3 is 15.8 Å². The highest BCUT2D eigenvalue weighted by molar-refractivity contribution is 5.97. The van der Waals surface area contributed by atoms with Crippen molar-refractivity contribution in [3.63, 3.8) is 0 Å². The van der Waals surface area contributed by atoms with Gasteiger partial charge in [0.2, 0.25) is 5.91 Å². The largest absolute Gasteiger partial charge is 0.496 e. The van der Waals surface area contributed by atoms with Gasteiger partial charge in [-0.1, -0.05) is 18.2 Å². The van der Waals surface area contributed by atoms with Crippen LogP contribution in [0.25, 0.3) is 0 Å². The average molecular weight is 367 g/mol. The Bertz CT molecular complexity index is 799. The number of primary amides is 1. The molecule has 1 saturated heterocycles. The van der Waals surface area contributed by atoms with Crippen LogP contribution < -0.4 is 15.8 Å². The molecule has 1 heterocycles. The summed E-state index contributed by atoms with van der Waals surface area (Å²) in [5.41, 5.74) is 7.20. The van der Waals surface area contributed by atoms with Crippen LogP contribution in [0.4, 0.5) is 0 Å². The maximum absolute atomic E-state index is 12.6. The molecule has 1 aliphatic heterocycles. The molecule has 2 aromatic rings. The quantitative estimate of drug-likeness (QED) is 0.787. The van der Waals surface area contributed by atoms with Crippen molar-refractivity contribution in [2.24, 2.45) is 5.73 Å². The summed E-state index contributed by atoms with van der Waals surface area (Å²) in [5, 5.41) is 3.02. The molecule has 1 fully saturated rings. The third-order valence-corrected chi connectivity index (χ3v) is 4.97. The zero-order valence-electron chi connectivity index (χ0n) is 15.5. The lowest BCUT2D eigenvalue weighted by Gasteiger charge is -2.29. The minimum Gasteiger partial charge on any atom is -0.496 e. The Labute approximate surface area is 159 Å². The minimum absolute atomic E-state index is 0.0532. The lowest BCUT2D eigenvalue weighted by atomic mass is 10.0. The number of nitrogens with one attached hydrogen (secondary N) is 1. The number of hydrogen-bond donors (Lipinski definition) is 2. The first kappa shape index (κ1) is 18.9. The number of methoxy groups -OCH3 is 1. The Morgan fingerprint density at radius 1 is 1.07 bits per heavy atom. The van der Waals surface area contributed by atoms with Crippen molar-refractivity contribution in [3.05, 3.63) is 65.2 Å². The SMILES string of the molecule is COc1ccccc1C(CNC(=O)c1ccc(C(N)=O)cc1)N1CCCC1. The summed E-state index contributed by atoms with van der Waals surface area (Å²) in [7, 11) is 1.67. The first-order valence-electron chi connectivity index (χ1n) is 9.15. The summed E-state index contributed by atoms with van der Waals surface area (Å²) in [6.07, 6.45) is 2.32. The fraction of sp³-hybridized carbons (Fsp3) is 0.333. The minimum atomic E-state index is -0.507. The average Bonchev–Trinajstić information content (AvgIpc) is 3.23. The van der Waals surface area contributed by atoms with E-state index in [4.69, 9.17) is 10.5 Å². The third-order valence-electron chi connectivity index (χ3n) is 4.97. The highest BCUT2D eigenvalue weighted by Gasteiger charge is 2.26. The molecule has 0 saturated carbocycles. The molecule has 1 atom stereocenters. The fourth-order valence-electron chi connectivity index (χ4n) is 3.51. The summed E-state index contributed by atoms with van der Waals surface area (Å²) in [6, 6.07) is 14.3. The van der Waals surface area contributed by atoms with Crippen LogP contribution in [0, 0.1) is 0 Å². The van der Waals surface area contributed by atoms with Gasteiger partial charge in [0.15, 0.2) is 0 Å². The molecular formula is C21H25N3O3. The number of hydrogen-bond acceptors (Lipinski definition) is 4. The van der Waals surface area contributed by atoms with Crippen LogP contribution in [-0.2, 0) is 0 Å². The van der Waals surface area contributed by atoms with Crippen LogP contribution in [0.15, 0.2) is 48.5 Å². The van der Waals surface area contributed by atoms with Crippen molar-refractivity contribution in [1.82, 2.24) is 10.2 Å². The molecule has 2 amide bonds. The van der Waals surface area contributed by atoms with Crippen LogP contribution >= 0.6 is 0 Å². The lowest BCUT2D eigenvalue weighted by Crippen LogP contribution is -2.37. The van der Waals surface area contributed by atoms with E-state index in [-0.39, 0.29) is 11.9 Å². The van der Waals surface area contributed by atoms with E-state index in [1.165, 1.54) is 0 Å². The van der Waals surface area contributed by atoms with Crippen LogP contribution in [0.5, 0.6) is 5.75 Å². The molecule has 0 spiro atoms. The molecule has 0 bridgehead atoms. The van der Waals surface area contributed by atoms with Crippen molar-refractivity contribution in [3.8, 4) is 5.75 Å². The Hall–Kier alpha value is -2.86. The maximum Gasteiger partial charge on any atom is 0.251 e. The van der Waals surface area contributed by atoms with E-state index >= 15 is 0 Å². The van der Waals surface area contributed by atoms with E-state index in [9.17, 15) is 9.59 Å². The molecule has 0 radical (unpaired) electrons. The van der Waals surface area contributed by atoms with E-state index in [0.29, 0.717) is 17.7 Å². The highest BCUT2D eigenvalue weighted by Crippen LogP contribution is 2.31. The van der Waals surface area contributed by atoms with Crippen molar-refractivity contribution < 1.29 is 14.3 Å². The summed E-state index contributed by atoms with van der Waals surface area (Å²) in [6.45, 7) is 2.49. The number of nitrogens with two attached hydrogens (primary N) is 1. The van der Waals surface area contributed by atoms with E-state index in [1.807, 2.05) is 18.2 Å². The summed E-state index contributed by atoms with van der Waals surface area (Å²) in [5.74, 6) is 0.145. The molecule has 6 heteroatoms. The Balaban J connectivity index is 1.74. The van der Waals surface area contributed by atoms with Crippen LogP contribution in [0.1, 0.15) is 45.2 Å². The van der Waals surface area contributed by atoms with Gasteiger partial charge in [-0.25, -0.2) is 0 Å². The molecule has 27 heavy (non-hydrogen) atoms. The highest BCUT2D eigenvalue weighted by atomic mass is 16.5. The molecular weight excluding hydrogens is 342 g/mol. The second kappa shape index (κ2) is 8.68. The van der Waals surface area contributed by atoms with Gasteiger partial charge in [-0.3, -0.25) is 14.5 Å². The molecule has 142 valence electrons. The van der Waals surface area contributed by atoms with Gasteiger partial charge in [0.05, 0.1) is 13.2 Å². The fourth-order valence-corrected chi connectivity index (χ4v) is 3.51. The summed E-state index contributed by atoms with van der Waals surface area (Å²) >= 11 is 0. The Morgan fingerprint density at radius 2 is 1.70 bits per heavy atom. The second-order valence-electron chi connectivity index (χ2n) is 6.65. The molecule has 3 rings (SSSR count). The van der Waals surface area contributed by atoms with E-state index in [0.717, 1.165) is 37.2 Å². The normalized spacial score (nSPS) is 15.3. The monoisotopic (exact) mass is 367 g/mol. The zero-order chi connectivity index (χ0) is 19.2. The van der Waals surface area contributed by atoms with Crippen molar-refractivity contribution >= 4 is 11.8 Å². The van der Waals surface area contributed by atoms with Crippen LogP contribution in [-0.4, -0.2) is 43.5 Å². The smallest absolute Gasteiger partial charge is 0.251 e. The number of benzene rings is 2. The standard InChI is InChI=1S/C21H25N3O3/c1-27-19-7-3-2-6-17(19)18(24-12-4-5-13-24)14-23-21(26)16-10-8-15(9-11-16)20(22)25/h2-3,6-11,18H,4-5,12-14H2,1H3,(H2,22,25)(H,23,26). The molecule has 0 aromatic heterocycles. The number of carbonyl (C=O) groups excluding carboxylic acids is 2. The van der Waals surface area contributed by atoms with Gasteiger partial charge in [0.1, 0.15) is 5.75 Å². The van der Waals surface area contributed by atoms with Gasteiger partial charge in [-0.15, -0.1) is 0 Å². The molecule has 1 unspecified atom stereocenters. The summed E-state index contributed by atoms with van der Waals surface area (Å²) < 4.78 is 5.53.